The molecule has 0 aliphatic rings. The summed E-state index contributed by atoms with van der Waals surface area (Å²) in [6.45, 7) is 1.48. The maximum Gasteiger partial charge on any atom is 0.240 e. The molecule has 0 aromatic heterocycles. The summed E-state index contributed by atoms with van der Waals surface area (Å²) in [5, 5.41) is 0.504. The van der Waals surface area contributed by atoms with Gasteiger partial charge in [-0.3, -0.25) is 0 Å². The number of carbonyl (C=O) groups is 1. The molecule has 0 aliphatic heterocycles. The number of aryl methyl sites for hydroxylation is 1. The fraction of sp³-hybridized carbons (Fsp3) is 0.222. The third-order valence-corrected chi connectivity index (χ3v) is 3.64. The van der Waals surface area contributed by atoms with Crippen LogP contribution in [0.5, 0.6) is 0 Å². The molecule has 0 saturated heterocycles. The number of benzene rings is 1. The molecule has 0 bridgehead atoms. The molecule has 82 valence electrons. The van der Waals surface area contributed by atoms with E-state index in [0.717, 1.165) is 0 Å². The van der Waals surface area contributed by atoms with E-state index in [0.29, 0.717) is 16.9 Å². The fourth-order valence-electron chi connectivity index (χ4n) is 1.01. The number of nitrogens with one attached hydrogen (secondary N) is 1. The van der Waals surface area contributed by atoms with E-state index in [2.05, 4.69) is 4.72 Å². The number of hydrogen-bond acceptors (Lipinski definition) is 3. The molecule has 1 rings (SSSR count). The zero-order valence-corrected chi connectivity index (χ0v) is 9.60. The Morgan fingerprint density at radius 2 is 2.13 bits per heavy atom. The van der Waals surface area contributed by atoms with Gasteiger partial charge in [0.25, 0.3) is 0 Å². The van der Waals surface area contributed by atoms with Crippen LogP contribution in [0.4, 0.5) is 0 Å². The van der Waals surface area contributed by atoms with Gasteiger partial charge in [0, 0.05) is 5.02 Å². The van der Waals surface area contributed by atoms with Crippen LogP contribution in [0, 0.1) is 6.92 Å². The number of hydrogen-bond donors (Lipinski definition) is 1. The van der Waals surface area contributed by atoms with Crippen LogP contribution in [0.25, 0.3) is 0 Å². The predicted molar refractivity (Wildman–Crippen MR) is 57.4 cm³/mol. The Hall–Kier alpha value is -0.910. The van der Waals surface area contributed by atoms with E-state index in [4.69, 9.17) is 11.6 Å². The molecular weight excluding hydrogens is 238 g/mol. The first-order valence-electron chi connectivity index (χ1n) is 4.17. The molecule has 0 radical (unpaired) electrons. The first kappa shape index (κ1) is 12.2. The van der Waals surface area contributed by atoms with Gasteiger partial charge in [-0.2, -0.15) is 0 Å². The number of halogens is 1. The van der Waals surface area contributed by atoms with Crippen LogP contribution >= 0.6 is 11.6 Å². The van der Waals surface area contributed by atoms with Gasteiger partial charge in [0.2, 0.25) is 10.0 Å². The van der Waals surface area contributed by atoms with Gasteiger partial charge in [0.1, 0.15) is 6.29 Å². The Labute approximate surface area is 93.3 Å². The largest absolute Gasteiger partial charge is 0.302 e. The molecule has 0 atom stereocenters. The molecule has 0 unspecified atom stereocenters. The smallest absolute Gasteiger partial charge is 0.240 e. The van der Waals surface area contributed by atoms with E-state index in [9.17, 15) is 13.2 Å². The molecule has 4 nitrogen and oxygen atoms in total. The molecule has 0 saturated carbocycles. The average molecular weight is 248 g/mol. The van der Waals surface area contributed by atoms with E-state index < -0.39 is 10.0 Å². The Kier molecular flexibility index (Phi) is 3.84. The van der Waals surface area contributed by atoms with Gasteiger partial charge in [-0.1, -0.05) is 11.6 Å². The molecule has 1 N–H and O–H groups in total. The van der Waals surface area contributed by atoms with Crippen molar-refractivity contribution in [3.63, 3.8) is 0 Å². The Bertz CT molecular complexity index is 470. The quantitative estimate of drug-likeness (QED) is 0.812. The highest BCUT2D eigenvalue weighted by Gasteiger charge is 2.13. The highest BCUT2D eigenvalue weighted by atomic mass is 35.5. The molecule has 6 heteroatoms. The average Bonchev–Trinajstić information content (AvgIpc) is 2.19. The van der Waals surface area contributed by atoms with E-state index in [-0.39, 0.29) is 11.4 Å². The van der Waals surface area contributed by atoms with Crippen LogP contribution < -0.4 is 4.72 Å². The summed E-state index contributed by atoms with van der Waals surface area (Å²) in [6, 6.07) is 4.35. The Balaban J connectivity index is 3.05. The molecule has 0 fully saturated rings. The van der Waals surface area contributed by atoms with Gasteiger partial charge in [-0.05, 0) is 30.7 Å². The normalized spacial score (nSPS) is 11.3. The minimum absolute atomic E-state index is 0.103. The fourth-order valence-corrected chi connectivity index (χ4v) is 2.16. The molecule has 0 aliphatic carbocycles. The van der Waals surface area contributed by atoms with Gasteiger partial charge in [-0.15, -0.1) is 0 Å². The van der Waals surface area contributed by atoms with Crippen molar-refractivity contribution in [2.24, 2.45) is 0 Å². The lowest BCUT2D eigenvalue weighted by molar-refractivity contribution is -0.106. The van der Waals surface area contributed by atoms with Gasteiger partial charge in [0.15, 0.2) is 0 Å². The Morgan fingerprint density at radius 1 is 1.47 bits per heavy atom. The standard InChI is InChI=1S/C9H10ClNO3S/c1-7-6-8(2-3-9(7)10)15(13,14)11-4-5-12/h2-3,5-6,11H,4H2,1H3. The maximum atomic E-state index is 11.5. The Morgan fingerprint density at radius 3 is 2.67 bits per heavy atom. The van der Waals surface area contributed by atoms with E-state index in [1.165, 1.54) is 18.2 Å². The zero-order chi connectivity index (χ0) is 11.5. The van der Waals surface area contributed by atoms with Crippen molar-refractivity contribution in [2.45, 2.75) is 11.8 Å². The van der Waals surface area contributed by atoms with Crippen LogP contribution in [-0.2, 0) is 14.8 Å². The van der Waals surface area contributed by atoms with Crippen LogP contribution in [0.2, 0.25) is 5.02 Å². The number of aldehydes is 1. The van der Waals surface area contributed by atoms with Crippen molar-refractivity contribution < 1.29 is 13.2 Å². The summed E-state index contributed by atoms with van der Waals surface area (Å²) >= 11 is 5.76. The summed E-state index contributed by atoms with van der Waals surface area (Å²) in [6.07, 6.45) is 0.486. The van der Waals surface area contributed by atoms with Crippen molar-refractivity contribution in [3.8, 4) is 0 Å². The zero-order valence-electron chi connectivity index (χ0n) is 8.03. The minimum Gasteiger partial charge on any atom is -0.302 e. The third kappa shape index (κ3) is 3.02. The van der Waals surface area contributed by atoms with E-state index in [1.807, 2.05) is 0 Å². The highest BCUT2D eigenvalue weighted by Crippen LogP contribution is 2.18. The summed E-state index contributed by atoms with van der Waals surface area (Å²) in [4.78, 5) is 10.2. The monoisotopic (exact) mass is 247 g/mol. The van der Waals surface area contributed by atoms with Crippen LogP contribution in [0.3, 0.4) is 0 Å². The second-order valence-corrected chi connectivity index (χ2v) is 5.10. The number of rotatable bonds is 4. The first-order valence-corrected chi connectivity index (χ1v) is 6.03. The van der Waals surface area contributed by atoms with Crippen LogP contribution in [-0.4, -0.2) is 21.2 Å². The van der Waals surface area contributed by atoms with Gasteiger partial charge < -0.3 is 4.79 Å². The maximum absolute atomic E-state index is 11.5. The van der Waals surface area contributed by atoms with Crippen molar-refractivity contribution >= 4 is 27.9 Å². The molecule has 1 aromatic carbocycles. The molecule has 0 amide bonds. The molecule has 0 heterocycles. The second kappa shape index (κ2) is 4.74. The molecule has 1 aromatic rings. The van der Waals surface area contributed by atoms with Gasteiger partial charge >= 0.3 is 0 Å². The van der Waals surface area contributed by atoms with Crippen molar-refractivity contribution in [1.82, 2.24) is 4.72 Å². The summed E-state index contributed by atoms with van der Waals surface area (Å²) in [5.74, 6) is 0. The van der Waals surface area contributed by atoms with E-state index >= 15 is 0 Å². The lowest BCUT2D eigenvalue weighted by Gasteiger charge is -2.05. The summed E-state index contributed by atoms with van der Waals surface area (Å²) in [7, 11) is -3.60. The number of sulfonamides is 1. The second-order valence-electron chi connectivity index (χ2n) is 2.93. The van der Waals surface area contributed by atoms with Crippen LogP contribution in [0.1, 0.15) is 5.56 Å². The van der Waals surface area contributed by atoms with Crippen molar-refractivity contribution in [1.29, 1.82) is 0 Å². The van der Waals surface area contributed by atoms with Gasteiger partial charge in [-0.25, -0.2) is 13.1 Å². The minimum atomic E-state index is -3.60. The van der Waals surface area contributed by atoms with Crippen LogP contribution in [0.15, 0.2) is 23.1 Å². The SMILES string of the molecule is Cc1cc(S(=O)(=O)NCC=O)ccc1Cl. The summed E-state index contributed by atoms with van der Waals surface area (Å²) in [5.41, 5.74) is 0.672. The lowest BCUT2D eigenvalue weighted by Crippen LogP contribution is -2.25. The number of carbonyl (C=O) groups excluding carboxylic acids is 1. The first-order chi connectivity index (χ1) is 6.97. The van der Waals surface area contributed by atoms with Gasteiger partial charge in [0.05, 0.1) is 11.4 Å². The highest BCUT2D eigenvalue weighted by molar-refractivity contribution is 7.89. The van der Waals surface area contributed by atoms with Crippen molar-refractivity contribution in [3.05, 3.63) is 28.8 Å². The summed E-state index contributed by atoms with van der Waals surface area (Å²) < 4.78 is 25.2. The topological polar surface area (TPSA) is 63.2 Å². The third-order valence-electron chi connectivity index (χ3n) is 1.80. The van der Waals surface area contributed by atoms with E-state index in [1.54, 1.807) is 6.92 Å². The van der Waals surface area contributed by atoms with Crippen molar-refractivity contribution in [2.75, 3.05) is 6.54 Å². The molecule has 0 spiro atoms. The molecular formula is C9H10ClNO3S. The molecule has 15 heavy (non-hydrogen) atoms. The lowest BCUT2D eigenvalue weighted by atomic mass is 10.2. The predicted octanol–water partition coefficient (Wildman–Crippen LogP) is 1.13.